The molecule has 1 atom stereocenters. The standard InChI is InChI=1S/C26H29N5/c1-30(2)17-19-12-14-21(15-13-19)31(18-25-28-22-9-3-4-10-23(22)29-25)24-11-5-7-20-8-6-16-27-26(20)24/h3-4,6,8-10,12-16,24H,5,7,11,17-18H2,1-2H3,(H,28,29). The van der Waals surface area contributed by atoms with Crippen molar-refractivity contribution >= 4 is 16.7 Å². The number of fused-ring (bicyclic) bond motifs is 2. The lowest BCUT2D eigenvalue weighted by molar-refractivity contribution is 0.402. The number of rotatable bonds is 6. The van der Waals surface area contributed by atoms with Gasteiger partial charge in [0.05, 0.1) is 29.3 Å². The number of aromatic nitrogens is 3. The molecule has 5 nitrogen and oxygen atoms in total. The highest BCUT2D eigenvalue weighted by atomic mass is 15.2. The zero-order valence-electron chi connectivity index (χ0n) is 18.3. The monoisotopic (exact) mass is 411 g/mol. The Bertz CT molecular complexity index is 1130. The van der Waals surface area contributed by atoms with Gasteiger partial charge in [0.25, 0.3) is 0 Å². The molecule has 0 bridgehead atoms. The summed E-state index contributed by atoms with van der Waals surface area (Å²) in [6.45, 7) is 1.67. The van der Waals surface area contributed by atoms with Crippen molar-refractivity contribution in [2.24, 2.45) is 0 Å². The Morgan fingerprint density at radius 2 is 1.81 bits per heavy atom. The van der Waals surface area contributed by atoms with Crippen LogP contribution >= 0.6 is 0 Å². The van der Waals surface area contributed by atoms with Gasteiger partial charge < -0.3 is 14.8 Å². The van der Waals surface area contributed by atoms with Crippen molar-refractivity contribution in [3.05, 3.63) is 89.5 Å². The molecule has 1 aliphatic rings. The molecule has 0 amide bonds. The summed E-state index contributed by atoms with van der Waals surface area (Å²) in [5.74, 6) is 0.988. The van der Waals surface area contributed by atoms with Gasteiger partial charge in [-0.3, -0.25) is 4.98 Å². The number of aromatic amines is 1. The number of anilines is 1. The van der Waals surface area contributed by atoms with Crippen LogP contribution in [0.15, 0.2) is 66.9 Å². The Balaban J connectivity index is 1.52. The summed E-state index contributed by atoms with van der Waals surface area (Å²) < 4.78 is 0. The molecule has 1 unspecified atom stereocenters. The Morgan fingerprint density at radius 3 is 2.61 bits per heavy atom. The minimum Gasteiger partial charge on any atom is -0.355 e. The van der Waals surface area contributed by atoms with Crippen LogP contribution in [0.25, 0.3) is 11.0 Å². The number of hydrogen-bond acceptors (Lipinski definition) is 4. The summed E-state index contributed by atoms with van der Waals surface area (Å²) in [5.41, 5.74) is 7.22. The van der Waals surface area contributed by atoms with Gasteiger partial charge in [-0.15, -0.1) is 0 Å². The maximum atomic E-state index is 4.86. The smallest absolute Gasteiger partial charge is 0.126 e. The molecule has 0 fully saturated rings. The fourth-order valence-corrected chi connectivity index (χ4v) is 4.67. The first-order valence-corrected chi connectivity index (χ1v) is 11.0. The summed E-state index contributed by atoms with van der Waals surface area (Å²) in [4.78, 5) is 17.9. The van der Waals surface area contributed by atoms with Crippen molar-refractivity contribution in [1.82, 2.24) is 19.9 Å². The summed E-state index contributed by atoms with van der Waals surface area (Å²) in [7, 11) is 4.21. The van der Waals surface area contributed by atoms with Gasteiger partial charge in [-0.05, 0) is 74.8 Å². The molecule has 2 heterocycles. The lowest BCUT2D eigenvalue weighted by Gasteiger charge is -2.36. The number of H-pyrrole nitrogens is 1. The van der Waals surface area contributed by atoms with E-state index in [0.29, 0.717) is 0 Å². The third kappa shape index (κ3) is 4.19. The molecule has 0 saturated carbocycles. The van der Waals surface area contributed by atoms with Gasteiger partial charge in [-0.1, -0.05) is 30.3 Å². The molecule has 5 rings (SSSR count). The molecule has 0 spiro atoms. The zero-order chi connectivity index (χ0) is 21.2. The molecule has 1 N–H and O–H groups in total. The first-order chi connectivity index (χ1) is 15.2. The van der Waals surface area contributed by atoms with Gasteiger partial charge >= 0.3 is 0 Å². The van der Waals surface area contributed by atoms with E-state index in [2.05, 4.69) is 77.4 Å². The van der Waals surface area contributed by atoms with Crippen LogP contribution in [0.5, 0.6) is 0 Å². The van der Waals surface area contributed by atoms with E-state index in [9.17, 15) is 0 Å². The number of hydrogen-bond donors (Lipinski definition) is 1. The fraction of sp³-hybridized carbons (Fsp3) is 0.308. The molecule has 0 saturated heterocycles. The predicted molar refractivity (Wildman–Crippen MR) is 126 cm³/mol. The minimum absolute atomic E-state index is 0.248. The first-order valence-electron chi connectivity index (χ1n) is 11.0. The van der Waals surface area contributed by atoms with Crippen LogP contribution in [0.2, 0.25) is 0 Å². The van der Waals surface area contributed by atoms with Crippen molar-refractivity contribution in [3.8, 4) is 0 Å². The predicted octanol–water partition coefficient (Wildman–Crippen LogP) is 5.10. The molecule has 0 radical (unpaired) electrons. The molecule has 31 heavy (non-hydrogen) atoms. The van der Waals surface area contributed by atoms with Crippen LogP contribution in [0.3, 0.4) is 0 Å². The molecular formula is C26H29N5. The normalized spacial score (nSPS) is 15.9. The summed E-state index contributed by atoms with van der Waals surface area (Å²) in [6.07, 6.45) is 5.32. The van der Waals surface area contributed by atoms with Crippen LogP contribution in [-0.4, -0.2) is 33.9 Å². The third-order valence-electron chi connectivity index (χ3n) is 6.07. The van der Waals surface area contributed by atoms with Crippen molar-refractivity contribution in [3.63, 3.8) is 0 Å². The van der Waals surface area contributed by atoms with E-state index in [1.807, 2.05) is 18.3 Å². The van der Waals surface area contributed by atoms with Gasteiger partial charge in [-0.2, -0.15) is 0 Å². The minimum atomic E-state index is 0.248. The largest absolute Gasteiger partial charge is 0.355 e. The van der Waals surface area contributed by atoms with Crippen LogP contribution in [0, 0.1) is 0 Å². The highest BCUT2D eigenvalue weighted by Gasteiger charge is 2.28. The summed E-state index contributed by atoms with van der Waals surface area (Å²) in [6, 6.07) is 21.7. The van der Waals surface area contributed by atoms with Gasteiger partial charge in [0, 0.05) is 18.4 Å². The second-order valence-electron chi connectivity index (χ2n) is 8.69. The molecule has 158 valence electrons. The van der Waals surface area contributed by atoms with Crippen LogP contribution < -0.4 is 4.90 Å². The molecule has 4 aromatic rings. The van der Waals surface area contributed by atoms with Crippen LogP contribution in [0.4, 0.5) is 5.69 Å². The van der Waals surface area contributed by atoms with Crippen LogP contribution in [-0.2, 0) is 19.5 Å². The molecule has 0 aliphatic heterocycles. The zero-order valence-corrected chi connectivity index (χ0v) is 18.3. The number of para-hydroxylation sites is 2. The topological polar surface area (TPSA) is 48.0 Å². The second-order valence-corrected chi connectivity index (χ2v) is 8.69. The highest BCUT2D eigenvalue weighted by Crippen LogP contribution is 2.37. The highest BCUT2D eigenvalue weighted by molar-refractivity contribution is 5.74. The number of benzene rings is 2. The summed E-state index contributed by atoms with van der Waals surface area (Å²) >= 11 is 0. The lowest BCUT2D eigenvalue weighted by Crippen LogP contribution is -2.32. The van der Waals surface area contributed by atoms with Gasteiger partial charge in [-0.25, -0.2) is 4.98 Å². The number of pyridine rings is 1. The second kappa shape index (κ2) is 8.52. The third-order valence-corrected chi connectivity index (χ3v) is 6.07. The molecule has 2 aromatic carbocycles. The van der Waals surface area contributed by atoms with E-state index in [-0.39, 0.29) is 6.04 Å². The summed E-state index contributed by atoms with van der Waals surface area (Å²) in [5, 5.41) is 0. The lowest BCUT2D eigenvalue weighted by atomic mass is 9.90. The Kier molecular flexibility index (Phi) is 5.43. The molecule has 1 aliphatic carbocycles. The fourth-order valence-electron chi connectivity index (χ4n) is 4.67. The van der Waals surface area contributed by atoms with E-state index in [1.54, 1.807) is 0 Å². The number of nitrogens with one attached hydrogen (secondary N) is 1. The average molecular weight is 412 g/mol. The van der Waals surface area contributed by atoms with Crippen LogP contribution in [0.1, 0.15) is 41.5 Å². The number of imidazole rings is 1. The van der Waals surface area contributed by atoms with Gasteiger partial charge in [0.1, 0.15) is 5.82 Å². The van der Waals surface area contributed by atoms with E-state index in [1.165, 1.54) is 28.9 Å². The average Bonchev–Trinajstić information content (AvgIpc) is 3.20. The maximum absolute atomic E-state index is 4.86. The van der Waals surface area contributed by atoms with Crippen molar-refractivity contribution in [2.75, 3.05) is 19.0 Å². The Labute approximate surface area is 183 Å². The maximum Gasteiger partial charge on any atom is 0.126 e. The first kappa shape index (κ1) is 19.8. The van der Waals surface area contributed by atoms with E-state index in [4.69, 9.17) is 9.97 Å². The van der Waals surface area contributed by atoms with Crippen molar-refractivity contribution in [2.45, 2.75) is 38.4 Å². The van der Waals surface area contributed by atoms with E-state index in [0.717, 1.165) is 42.8 Å². The van der Waals surface area contributed by atoms with E-state index < -0.39 is 0 Å². The quantitative estimate of drug-likeness (QED) is 0.479. The number of nitrogens with zero attached hydrogens (tertiary/aromatic N) is 4. The molecular weight excluding hydrogens is 382 g/mol. The van der Waals surface area contributed by atoms with Gasteiger partial charge in [0.2, 0.25) is 0 Å². The Morgan fingerprint density at radius 1 is 0.968 bits per heavy atom. The molecule has 5 heteroatoms. The van der Waals surface area contributed by atoms with Gasteiger partial charge in [0.15, 0.2) is 0 Å². The Hall–Kier alpha value is -3.18. The number of aryl methyl sites for hydroxylation is 1. The van der Waals surface area contributed by atoms with Crippen molar-refractivity contribution in [1.29, 1.82) is 0 Å². The SMILES string of the molecule is CN(C)Cc1ccc(N(Cc2nc3ccccc3[nH]2)C2CCCc3cccnc32)cc1. The van der Waals surface area contributed by atoms with E-state index >= 15 is 0 Å². The molecule has 2 aromatic heterocycles. The van der Waals surface area contributed by atoms with Crippen molar-refractivity contribution < 1.29 is 0 Å².